The van der Waals surface area contributed by atoms with E-state index in [4.69, 9.17) is 0 Å². The molecular formula is C16H12NO. The molecule has 0 fully saturated rings. The summed E-state index contributed by atoms with van der Waals surface area (Å²) in [7, 11) is 0. The highest BCUT2D eigenvalue weighted by Gasteiger charge is 2.34. The van der Waals surface area contributed by atoms with Gasteiger partial charge in [0.15, 0.2) is 0 Å². The summed E-state index contributed by atoms with van der Waals surface area (Å²) in [6, 6.07) is 21.0. The lowest BCUT2D eigenvalue weighted by molar-refractivity contribution is 0.535. The first-order chi connectivity index (χ1) is 8.83. The summed E-state index contributed by atoms with van der Waals surface area (Å²) < 4.78 is 0. The summed E-state index contributed by atoms with van der Waals surface area (Å²) in [6.45, 7) is 0. The maximum absolute atomic E-state index is 10.8. The molecule has 2 nitrogen and oxygen atoms in total. The predicted molar refractivity (Wildman–Crippen MR) is 69.6 cm³/mol. The molecule has 2 heteroatoms. The van der Waals surface area contributed by atoms with Gasteiger partial charge in [-0.05, 0) is 11.1 Å². The van der Waals surface area contributed by atoms with E-state index < -0.39 is 5.41 Å². The van der Waals surface area contributed by atoms with Crippen molar-refractivity contribution < 1.29 is 4.79 Å². The molecule has 0 unspecified atom stereocenters. The van der Waals surface area contributed by atoms with E-state index in [2.05, 4.69) is 6.07 Å². The van der Waals surface area contributed by atoms with E-state index in [1.165, 1.54) is 0 Å². The molecule has 2 aromatic rings. The predicted octanol–water partition coefficient (Wildman–Crippen LogP) is 3.00. The Bertz CT molecular complexity index is 515. The third-order valence-electron chi connectivity index (χ3n) is 3.06. The molecule has 2 aromatic carbocycles. The highest BCUT2D eigenvalue weighted by Crippen LogP contribution is 2.34. The zero-order valence-electron chi connectivity index (χ0n) is 9.84. The fraction of sp³-hybridized carbons (Fsp3) is 0.125. The Hall–Kier alpha value is -2.40. The molecule has 0 spiro atoms. The van der Waals surface area contributed by atoms with Crippen LogP contribution in [0.1, 0.15) is 17.5 Å². The minimum absolute atomic E-state index is 0.0392. The second kappa shape index (κ2) is 5.29. The molecular weight excluding hydrogens is 222 g/mol. The summed E-state index contributed by atoms with van der Waals surface area (Å²) in [4.78, 5) is 10.8. The van der Waals surface area contributed by atoms with Crippen LogP contribution >= 0.6 is 0 Å². The van der Waals surface area contributed by atoms with E-state index in [0.717, 1.165) is 11.1 Å². The van der Waals surface area contributed by atoms with E-state index in [9.17, 15) is 10.1 Å². The fourth-order valence-corrected chi connectivity index (χ4v) is 2.09. The Labute approximate surface area is 107 Å². The Balaban J connectivity index is 2.62. The van der Waals surface area contributed by atoms with Crippen LogP contribution in [-0.2, 0) is 10.2 Å². The molecule has 87 valence electrons. The Morgan fingerprint density at radius 2 is 1.33 bits per heavy atom. The summed E-state index contributed by atoms with van der Waals surface area (Å²) in [6.07, 6.45) is 1.92. The molecule has 0 saturated carbocycles. The van der Waals surface area contributed by atoms with Gasteiger partial charge in [-0.1, -0.05) is 60.7 Å². The number of carbonyl (C=O) groups excluding carboxylic acids is 1. The zero-order valence-corrected chi connectivity index (χ0v) is 9.84. The Kier molecular flexibility index (Phi) is 3.54. The fourth-order valence-electron chi connectivity index (χ4n) is 2.09. The van der Waals surface area contributed by atoms with Gasteiger partial charge in [0.1, 0.15) is 5.41 Å². The standard InChI is InChI=1S/C16H12NO/c17-13-16(11-12-18,14-7-3-1-4-8-14)15-9-5-2-6-10-15/h1-10H,11H2. The SMILES string of the molecule is N#CC(C[C]=O)(c1ccccc1)c1ccccc1. The largest absolute Gasteiger partial charge is 0.291 e. The van der Waals surface area contributed by atoms with Gasteiger partial charge in [-0.25, -0.2) is 0 Å². The third-order valence-corrected chi connectivity index (χ3v) is 3.06. The van der Waals surface area contributed by atoms with Crippen molar-refractivity contribution >= 4 is 6.29 Å². The quantitative estimate of drug-likeness (QED) is 0.816. The monoisotopic (exact) mass is 234 g/mol. The van der Waals surface area contributed by atoms with Crippen LogP contribution in [0.4, 0.5) is 0 Å². The van der Waals surface area contributed by atoms with Crippen molar-refractivity contribution in [2.45, 2.75) is 11.8 Å². The first-order valence-corrected chi connectivity index (χ1v) is 5.71. The molecule has 0 aliphatic carbocycles. The number of nitriles is 1. The van der Waals surface area contributed by atoms with E-state index in [1.807, 2.05) is 66.9 Å². The van der Waals surface area contributed by atoms with E-state index in [1.54, 1.807) is 0 Å². The summed E-state index contributed by atoms with van der Waals surface area (Å²) in [5.74, 6) is 0. The van der Waals surface area contributed by atoms with Crippen molar-refractivity contribution in [3.8, 4) is 6.07 Å². The summed E-state index contributed by atoms with van der Waals surface area (Å²) >= 11 is 0. The van der Waals surface area contributed by atoms with Crippen molar-refractivity contribution in [2.75, 3.05) is 0 Å². The van der Waals surface area contributed by atoms with Gasteiger partial charge in [-0.3, -0.25) is 4.79 Å². The second-order valence-electron chi connectivity index (χ2n) is 4.07. The van der Waals surface area contributed by atoms with E-state index in [-0.39, 0.29) is 6.42 Å². The van der Waals surface area contributed by atoms with Gasteiger partial charge < -0.3 is 0 Å². The number of nitrogens with zero attached hydrogens (tertiary/aromatic N) is 1. The lowest BCUT2D eigenvalue weighted by Crippen LogP contribution is -2.26. The van der Waals surface area contributed by atoms with Crippen molar-refractivity contribution in [1.29, 1.82) is 5.26 Å². The normalized spacial score (nSPS) is 10.6. The molecule has 0 saturated heterocycles. The molecule has 1 radical (unpaired) electrons. The second-order valence-corrected chi connectivity index (χ2v) is 4.07. The molecule has 0 atom stereocenters. The van der Waals surface area contributed by atoms with Crippen molar-refractivity contribution in [2.24, 2.45) is 0 Å². The smallest absolute Gasteiger partial charge is 0.200 e. The van der Waals surface area contributed by atoms with Gasteiger partial charge in [-0.2, -0.15) is 5.26 Å². The van der Waals surface area contributed by atoms with Crippen molar-refractivity contribution in [3.05, 3.63) is 71.8 Å². The van der Waals surface area contributed by atoms with Crippen molar-refractivity contribution in [1.82, 2.24) is 0 Å². The average Bonchev–Trinajstić information content (AvgIpc) is 2.47. The van der Waals surface area contributed by atoms with E-state index in [0.29, 0.717) is 0 Å². The molecule has 0 aliphatic rings. The molecule has 2 rings (SSSR count). The lowest BCUT2D eigenvalue weighted by atomic mass is 9.73. The van der Waals surface area contributed by atoms with Gasteiger partial charge in [0.05, 0.1) is 6.07 Å². The molecule has 0 aliphatic heterocycles. The van der Waals surface area contributed by atoms with Gasteiger partial charge >= 0.3 is 0 Å². The number of hydrogen-bond acceptors (Lipinski definition) is 2. The van der Waals surface area contributed by atoms with Gasteiger partial charge in [0, 0.05) is 6.42 Å². The maximum Gasteiger partial charge on any atom is 0.200 e. The molecule has 0 N–H and O–H groups in total. The minimum atomic E-state index is -0.940. The van der Waals surface area contributed by atoms with Crippen LogP contribution in [0.15, 0.2) is 60.7 Å². The highest BCUT2D eigenvalue weighted by molar-refractivity contribution is 5.61. The summed E-state index contributed by atoms with van der Waals surface area (Å²) in [5.41, 5.74) is 0.702. The molecule has 0 bridgehead atoms. The zero-order chi connectivity index (χ0) is 12.8. The highest BCUT2D eigenvalue weighted by atomic mass is 16.1. The van der Waals surface area contributed by atoms with Crippen LogP contribution in [0.5, 0.6) is 0 Å². The molecule has 18 heavy (non-hydrogen) atoms. The van der Waals surface area contributed by atoms with Gasteiger partial charge in [0.2, 0.25) is 6.29 Å². The van der Waals surface area contributed by atoms with Crippen LogP contribution in [0, 0.1) is 11.3 Å². The Morgan fingerprint density at radius 3 is 1.67 bits per heavy atom. The lowest BCUT2D eigenvalue weighted by Gasteiger charge is -2.25. The van der Waals surface area contributed by atoms with Crippen LogP contribution in [0.3, 0.4) is 0 Å². The first-order valence-electron chi connectivity index (χ1n) is 5.71. The third kappa shape index (κ3) is 2.03. The topological polar surface area (TPSA) is 40.9 Å². The van der Waals surface area contributed by atoms with Crippen LogP contribution in [0.2, 0.25) is 0 Å². The van der Waals surface area contributed by atoms with Crippen LogP contribution in [0.25, 0.3) is 0 Å². The molecule has 0 heterocycles. The van der Waals surface area contributed by atoms with Gasteiger partial charge in [0.25, 0.3) is 0 Å². The first kappa shape index (κ1) is 12.1. The van der Waals surface area contributed by atoms with E-state index >= 15 is 0 Å². The van der Waals surface area contributed by atoms with Crippen LogP contribution < -0.4 is 0 Å². The number of rotatable bonds is 4. The molecule has 0 aromatic heterocycles. The minimum Gasteiger partial charge on any atom is -0.291 e. The maximum atomic E-state index is 10.8. The number of benzene rings is 2. The summed E-state index contributed by atoms with van der Waals surface area (Å²) in [5, 5.41) is 9.59. The molecule has 0 amide bonds. The number of hydrogen-bond donors (Lipinski definition) is 0. The average molecular weight is 234 g/mol. The van der Waals surface area contributed by atoms with Crippen LogP contribution in [-0.4, -0.2) is 6.29 Å². The Morgan fingerprint density at radius 1 is 0.889 bits per heavy atom. The van der Waals surface area contributed by atoms with Gasteiger partial charge in [-0.15, -0.1) is 0 Å². The van der Waals surface area contributed by atoms with Crippen molar-refractivity contribution in [3.63, 3.8) is 0 Å².